The van der Waals surface area contributed by atoms with Crippen molar-refractivity contribution in [1.29, 1.82) is 0 Å². The third-order valence-corrected chi connectivity index (χ3v) is 7.35. The third-order valence-electron chi connectivity index (χ3n) is 5.18. The van der Waals surface area contributed by atoms with Gasteiger partial charge in [-0.2, -0.15) is 0 Å². The lowest BCUT2D eigenvalue weighted by Crippen LogP contribution is -2.27. The van der Waals surface area contributed by atoms with E-state index in [1.54, 1.807) is 13.8 Å². The maximum Gasteiger partial charge on any atom is 0.319 e. The Kier molecular flexibility index (Phi) is 11.3. The number of aromatic nitrogens is 3. The molecular formula is C25H33ClN4O3S2. The molecule has 0 unspecified atom stereocenters. The second-order valence-corrected chi connectivity index (χ2v) is 11.2. The molecule has 1 N–H and O–H groups in total. The summed E-state index contributed by atoms with van der Waals surface area (Å²) in [6, 6.07) is 8.14. The molecule has 0 atom stereocenters. The summed E-state index contributed by atoms with van der Waals surface area (Å²) in [7, 11) is 0. The van der Waals surface area contributed by atoms with Crippen LogP contribution in [0.15, 0.2) is 46.4 Å². The van der Waals surface area contributed by atoms with Crippen molar-refractivity contribution in [3.8, 4) is 5.75 Å². The molecule has 0 radical (unpaired) electrons. The van der Waals surface area contributed by atoms with Crippen molar-refractivity contribution < 1.29 is 14.6 Å². The number of ether oxygens (including phenoxy) is 1. The van der Waals surface area contributed by atoms with Crippen molar-refractivity contribution >= 4 is 47.4 Å². The SMILES string of the molecule is CCCOc1ccc(CN(CCc2csc(SC(C)(C)C(=O)O)n2)c2ncc(CC)cn2)cc1.Cl. The summed E-state index contributed by atoms with van der Waals surface area (Å²) in [6.45, 7) is 9.62. The predicted octanol–water partition coefficient (Wildman–Crippen LogP) is 5.91. The van der Waals surface area contributed by atoms with E-state index >= 15 is 0 Å². The van der Waals surface area contributed by atoms with Gasteiger partial charge in [0.05, 0.1) is 12.3 Å². The van der Waals surface area contributed by atoms with E-state index in [4.69, 9.17) is 4.74 Å². The van der Waals surface area contributed by atoms with E-state index in [9.17, 15) is 9.90 Å². The Hall–Kier alpha value is -2.36. The predicted molar refractivity (Wildman–Crippen MR) is 145 cm³/mol. The van der Waals surface area contributed by atoms with Crippen LogP contribution in [-0.4, -0.2) is 43.9 Å². The van der Waals surface area contributed by atoms with Crippen LogP contribution in [0.3, 0.4) is 0 Å². The van der Waals surface area contributed by atoms with Gasteiger partial charge in [0.25, 0.3) is 0 Å². The highest BCUT2D eigenvalue weighted by Gasteiger charge is 2.29. The van der Waals surface area contributed by atoms with E-state index in [1.165, 1.54) is 23.1 Å². The molecule has 190 valence electrons. The molecule has 1 aromatic carbocycles. The maximum absolute atomic E-state index is 11.4. The van der Waals surface area contributed by atoms with Gasteiger partial charge in [-0.25, -0.2) is 15.0 Å². The summed E-state index contributed by atoms with van der Waals surface area (Å²) in [5.74, 6) is 0.706. The molecule has 10 heteroatoms. The number of halogens is 1. The highest BCUT2D eigenvalue weighted by atomic mass is 35.5. The topological polar surface area (TPSA) is 88.4 Å². The molecule has 0 saturated carbocycles. The van der Waals surface area contributed by atoms with Gasteiger partial charge in [-0.15, -0.1) is 23.7 Å². The number of carbonyl (C=O) groups is 1. The molecule has 0 saturated heterocycles. The molecule has 0 spiro atoms. The Balaban J connectivity index is 0.00000432. The van der Waals surface area contributed by atoms with Gasteiger partial charge >= 0.3 is 5.97 Å². The second kappa shape index (κ2) is 13.7. The zero-order valence-electron chi connectivity index (χ0n) is 20.6. The van der Waals surface area contributed by atoms with Crippen molar-refractivity contribution in [1.82, 2.24) is 15.0 Å². The number of thiazole rings is 1. The van der Waals surface area contributed by atoms with Gasteiger partial charge < -0.3 is 14.7 Å². The van der Waals surface area contributed by atoms with Crippen LogP contribution in [0, 0.1) is 0 Å². The van der Waals surface area contributed by atoms with Crippen LogP contribution >= 0.6 is 35.5 Å². The summed E-state index contributed by atoms with van der Waals surface area (Å²) >= 11 is 2.76. The van der Waals surface area contributed by atoms with Crippen molar-refractivity contribution in [2.45, 2.75) is 62.6 Å². The van der Waals surface area contributed by atoms with E-state index < -0.39 is 10.7 Å². The molecule has 0 amide bonds. The number of thioether (sulfide) groups is 1. The van der Waals surface area contributed by atoms with Gasteiger partial charge in [0.1, 0.15) is 10.5 Å². The van der Waals surface area contributed by atoms with Crippen LogP contribution in [0.4, 0.5) is 5.95 Å². The monoisotopic (exact) mass is 536 g/mol. The largest absolute Gasteiger partial charge is 0.494 e. The maximum atomic E-state index is 11.4. The van der Waals surface area contributed by atoms with Gasteiger partial charge in [0.15, 0.2) is 4.34 Å². The summed E-state index contributed by atoms with van der Waals surface area (Å²) in [6.07, 6.45) is 6.34. The molecule has 3 aromatic rings. The summed E-state index contributed by atoms with van der Waals surface area (Å²) in [5, 5.41) is 11.4. The van der Waals surface area contributed by atoms with Crippen LogP contribution in [0.25, 0.3) is 0 Å². The van der Waals surface area contributed by atoms with Crippen LogP contribution in [0.5, 0.6) is 5.75 Å². The van der Waals surface area contributed by atoms with Gasteiger partial charge in [0.2, 0.25) is 5.95 Å². The highest BCUT2D eigenvalue weighted by Crippen LogP contribution is 2.34. The average molecular weight is 537 g/mol. The summed E-state index contributed by atoms with van der Waals surface area (Å²) in [4.78, 5) is 27.4. The third kappa shape index (κ3) is 8.66. The number of hydrogen-bond acceptors (Lipinski definition) is 8. The molecule has 2 aromatic heterocycles. The number of hydrogen-bond donors (Lipinski definition) is 1. The molecule has 7 nitrogen and oxygen atoms in total. The number of nitrogens with zero attached hydrogens (tertiary/aromatic N) is 4. The van der Waals surface area contributed by atoms with E-state index in [1.807, 2.05) is 29.9 Å². The van der Waals surface area contributed by atoms with Crippen LogP contribution in [-0.2, 0) is 24.2 Å². The zero-order valence-corrected chi connectivity index (χ0v) is 23.0. The van der Waals surface area contributed by atoms with Gasteiger partial charge in [-0.05, 0) is 49.9 Å². The molecular weight excluding hydrogens is 504 g/mol. The van der Waals surface area contributed by atoms with Crippen LogP contribution in [0.2, 0.25) is 0 Å². The number of rotatable bonds is 13. The van der Waals surface area contributed by atoms with Crippen molar-refractivity contribution in [2.75, 3.05) is 18.1 Å². The highest BCUT2D eigenvalue weighted by molar-refractivity contribution is 8.03. The molecule has 0 bridgehead atoms. The Labute approximate surface area is 221 Å². The quantitative estimate of drug-likeness (QED) is 0.270. The van der Waals surface area contributed by atoms with Crippen molar-refractivity contribution in [2.24, 2.45) is 0 Å². The van der Waals surface area contributed by atoms with Crippen LogP contribution < -0.4 is 9.64 Å². The summed E-state index contributed by atoms with van der Waals surface area (Å²) in [5.41, 5.74) is 3.18. The minimum atomic E-state index is -0.914. The zero-order chi connectivity index (χ0) is 24.6. The minimum absolute atomic E-state index is 0. The Morgan fingerprint density at radius 2 is 1.83 bits per heavy atom. The molecule has 35 heavy (non-hydrogen) atoms. The van der Waals surface area contributed by atoms with E-state index in [0.717, 1.165) is 39.8 Å². The lowest BCUT2D eigenvalue weighted by Gasteiger charge is -2.22. The normalized spacial score (nSPS) is 11.1. The molecule has 0 aliphatic carbocycles. The second-order valence-electron chi connectivity index (χ2n) is 8.43. The van der Waals surface area contributed by atoms with E-state index in [0.29, 0.717) is 32.1 Å². The minimum Gasteiger partial charge on any atom is -0.494 e. The van der Waals surface area contributed by atoms with Gasteiger partial charge in [-0.1, -0.05) is 37.7 Å². The molecule has 3 rings (SSSR count). The van der Waals surface area contributed by atoms with Crippen molar-refractivity contribution in [3.63, 3.8) is 0 Å². The standard InChI is InChI=1S/C25H32N4O3S2.ClH/c1-5-13-32-21-9-7-19(8-10-21)16-29(23-26-14-18(6-2)15-27-23)12-11-20-17-33-24(28-20)34-25(3,4)22(30)31;/h7-10,14-15,17H,5-6,11-13,16H2,1-4H3,(H,30,31);1H. The number of anilines is 1. The lowest BCUT2D eigenvalue weighted by molar-refractivity contribution is -0.138. The first-order valence-electron chi connectivity index (χ1n) is 11.4. The van der Waals surface area contributed by atoms with Crippen molar-refractivity contribution in [3.05, 3.63) is 58.9 Å². The Morgan fingerprint density at radius 3 is 2.43 bits per heavy atom. The number of carboxylic acids is 1. The fraction of sp³-hybridized carbons (Fsp3) is 0.440. The summed E-state index contributed by atoms with van der Waals surface area (Å²) < 4.78 is 5.55. The fourth-order valence-corrected chi connectivity index (χ4v) is 5.26. The lowest BCUT2D eigenvalue weighted by atomic mass is 10.2. The van der Waals surface area contributed by atoms with Crippen LogP contribution in [0.1, 0.15) is 50.9 Å². The van der Waals surface area contributed by atoms with E-state index in [2.05, 4.69) is 45.8 Å². The Morgan fingerprint density at radius 1 is 1.14 bits per heavy atom. The van der Waals surface area contributed by atoms with Gasteiger partial charge in [0, 0.05) is 37.3 Å². The fourth-order valence-electron chi connectivity index (χ4n) is 3.04. The molecule has 0 fully saturated rings. The Bertz CT molecular complexity index is 1060. The van der Waals surface area contributed by atoms with Gasteiger partial charge in [-0.3, -0.25) is 4.79 Å². The number of aliphatic carboxylic acids is 1. The molecule has 0 aliphatic heterocycles. The molecule has 2 heterocycles. The number of benzene rings is 1. The van der Waals surface area contributed by atoms with E-state index in [-0.39, 0.29) is 12.4 Å². The first-order chi connectivity index (χ1) is 16.3. The first kappa shape index (κ1) is 28.9. The first-order valence-corrected chi connectivity index (χ1v) is 13.1. The number of aryl methyl sites for hydroxylation is 1. The smallest absolute Gasteiger partial charge is 0.319 e. The average Bonchev–Trinajstić information content (AvgIpc) is 3.27. The molecule has 0 aliphatic rings. The number of carboxylic acid groups (broad SMARTS) is 1.